The Morgan fingerprint density at radius 1 is 1.00 bits per heavy atom. The summed E-state index contributed by atoms with van der Waals surface area (Å²) in [6.07, 6.45) is 2.12. The van der Waals surface area contributed by atoms with Crippen molar-refractivity contribution < 1.29 is 31.9 Å². The topological polar surface area (TPSA) is 118 Å². The summed E-state index contributed by atoms with van der Waals surface area (Å²) in [5.41, 5.74) is 0. The van der Waals surface area contributed by atoms with Gasteiger partial charge in [0, 0.05) is 38.7 Å². The first kappa shape index (κ1) is 24.1. The van der Waals surface area contributed by atoms with Crippen LogP contribution in [-0.4, -0.2) is 74.9 Å². The molecule has 2 aliphatic heterocycles. The van der Waals surface area contributed by atoms with Gasteiger partial charge in [0.1, 0.15) is 6.04 Å². The second-order valence-corrected chi connectivity index (χ2v) is 10.5. The fourth-order valence-corrected chi connectivity index (χ4v) is 5.37. The number of sulfonamides is 1. The molecule has 3 heterocycles. The lowest BCUT2D eigenvalue weighted by molar-refractivity contribution is -0.135. The van der Waals surface area contributed by atoms with Crippen LogP contribution in [0.4, 0.5) is 0 Å². The monoisotopic (exact) mass is 491 g/mol. The molecular weight excluding hydrogens is 462 g/mol. The largest absolute Gasteiger partial charge is 0.490 e. The lowest BCUT2D eigenvalue weighted by atomic mass is 10.0. The van der Waals surface area contributed by atoms with Crippen LogP contribution in [0.25, 0.3) is 0 Å². The van der Waals surface area contributed by atoms with Crippen molar-refractivity contribution in [2.45, 2.75) is 31.2 Å². The quantitative estimate of drug-likeness (QED) is 0.654. The van der Waals surface area contributed by atoms with Crippen LogP contribution >= 0.6 is 0 Å². The summed E-state index contributed by atoms with van der Waals surface area (Å²) in [4.78, 5) is 27.3. The highest BCUT2D eigenvalue weighted by Crippen LogP contribution is 2.33. The summed E-state index contributed by atoms with van der Waals surface area (Å²) in [7, 11) is -3.76. The number of nitrogens with zero attached hydrogens (tertiary/aromatic N) is 2. The molecule has 11 heteroatoms. The molecule has 1 N–H and O–H groups in total. The van der Waals surface area contributed by atoms with Crippen molar-refractivity contribution in [3.05, 3.63) is 42.4 Å². The summed E-state index contributed by atoms with van der Waals surface area (Å²) in [5.74, 6) is 0.206. The zero-order chi connectivity index (χ0) is 24.3. The molecule has 0 aliphatic carbocycles. The summed E-state index contributed by atoms with van der Waals surface area (Å²) >= 11 is 0. The van der Waals surface area contributed by atoms with E-state index in [0.717, 1.165) is 6.42 Å². The Balaban J connectivity index is 1.41. The molecule has 2 amide bonds. The predicted octanol–water partition coefficient (Wildman–Crippen LogP) is 1.73. The maximum Gasteiger partial charge on any atom is 0.287 e. The molecule has 34 heavy (non-hydrogen) atoms. The standard InChI is InChI=1S/C23H29N3O7S/c1-16(2)21(24-22(27)19-5-3-12-32-19)23(28)25-8-10-26(11-9-25)34(29,30)17-6-7-18-20(15-17)33-14-4-13-31-18/h3,5-7,12,15-16,21H,4,8-11,13-14H2,1-2H3,(H,24,27)/t21-/m1/s1. The molecular formula is C23H29N3O7S. The minimum atomic E-state index is -3.76. The van der Waals surface area contributed by atoms with Gasteiger partial charge in [-0.1, -0.05) is 13.8 Å². The van der Waals surface area contributed by atoms with Gasteiger partial charge in [-0.2, -0.15) is 4.31 Å². The van der Waals surface area contributed by atoms with E-state index in [1.54, 1.807) is 17.0 Å². The predicted molar refractivity (Wildman–Crippen MR) is 122 cm³/mol. The molecule has 0 bridgehead atoms. The Morgan fingerprint density at radius 2 is 1.71 bits per heavy atom. The minimum Gasteiger partial charge on any atom is -0.490 e. The zero-order valence-corrected chi connectivity index (χ0v) is 20.0. The number of hydrogen-bond acceptors (Lipinski definition) is 7. The molecule has 1 fully saturated rings. The van der Waals surface area contributed by atoms with E-state index in [1.807, 2.05) is 13.8 Å². The first-order valence-corrected chi connectivity index (χ1v) is 12.7. The van der Waals surface area contributed by atoms with E-state index < -0.39 is 22.0 Å². The van der Waals surface area contributed by atoms with E-state index in [0.29, 0.717) is 24.7 Å². The number of carbonyl (C=O) groups excluding carboxylic acids is 2. The van der Waals surface area contributed by atoms with E-state index in [4.69, 9.17) is 13.9 Å². The number of carbonyl (C=O) groups is 2. The molecule has 0 saturated carbocycles. The van der Waals surface area contributed by atoms with Crippen molar-refractivity contribution in [1.29, 1.82) is 0 Å². The van der Waals surface area contributed by atoms with Gasteiger partial charge in [-0.05, 0) is 30.2 Å². The van der Waals surface area contributed by atoms with Gasteiger partial charge in [0.15, 0.2) is 17.3 Å². The number of amides is 2. The Kier molecular flexibility index (Phi) is 7.13. The molecule has 10 nitrogen and oxygen atoms in total. The first-order chi connectivity index (χ1) is 16.3. The Labute approximate surface area is 198 Å². The second-order valence-electron chi connectivity index (χ2n) is 8.56. The number of hydrogen-bond donors (Lipinski definition) is 1. The summed E-state index contributed by atoms with van der Waals surface area (Å²) in [5, 5.41) is 2.74. The van der Waals surface area contributed by atoms with Gasteiger partial charge < -0.3 is 24.1 Å². The fourth-order valence-electron chi connectivity index (χ4n) is 3.93. The fraction of sp³-hybridized carbons (Fsp3) is 0.478. The third-order valence-electron chi connectivity index (χ3n) is 5.87. The van der Waals surface area contributed by atoms with Crippen LogP contribution in [0.3, 0.4) is 0 Å². The van der Waals surface area contributed by atoms with Crippen LogP contribution in [0.5, 0.6) is 11.5 Å². The molecule has 0 spiro atoms. The van der Waals surface area contributed by atoms with Crippen LogP contribution in [0.15, 0.2) is 45.9 Å². The van der Waals surface area contributed by atoms with Gasteiger partial charge in [0.25, 0.3) is 5.91 Å². The van der Waals surface area contributed by atoms with Crippen molar-refractivity contribution >= 4 is 21.8 Å². The SMILES string of the molecule is CC(C)[C@@H](NC(=O)c1ccco1)C(=O)N1CCN(S(=O)(=O)c2ccc3c(c2)OCCCO3)CC1. The van der Waals surface area contributed by atoms with E-state index in [-0.39, 0.29) is 48.7 Å². The Morgan fingerprint density at radius 3 is 2.35 bits per heavy atom. The molecule has 0 unspecified atom stereocenters. The number of fused-ring (bicyclic) bond motifs is 1. The molecule has 1 saturated heterocycles. The van der Waals surface area contributed by atoms with Crippen LogP contribution in [-0.2, 0) is 14.8 Å². The molecule has 0 radical (unpaired) electrons. The molecule has 1 aromatic heterocycles. The first-order valence-electron chi connectivity index (χ1n) is 11.3. The molecule has 1 atom stereocenters. The summed E-state index contributed by atoms with van der Waals surface area (Å²) < 4.78 is 44.1. The van der Waals surface area contributed by atoms with Crippen molar-refractivity contribution in [3.8, 4) is 11.5 Å². The van der Waals surface area contributed by atoms with Gasteiger partial charge in [0.2, 0.25) is 15.9 Å². The van der Waals surface area contributed by atoms with Crippen LogP contribution < -0.4 is 14.8 Å². The maximum atomic E-state index is 13.2. The highest BCUT2D eigenvalue weighted by Gasteiger charge is 2.35. The Hall–Kier alpha value is -3.05. The normalized spacial score (nSPS) is 17.8. The highest BCUT2D eigenvalue weighted by atomic mass is 32.2. The van der Waals surface area contributed by atoms with Crippen molar-refractivity contribution in [2.75, 3.05) is 39.4 Å². The summed E-state index contributed by atoms with van der Waals surface area (Å²) in [6, 6.07) is 7.00. The number of nitrogens with one attached hydrogen (secondary N) is 1. The van der Waals surface area contributed by atoms with Gasteiger partial charge in [0.05, 0.1) is 24.4 Å². The molecule has 184 valence electrons. The van der Waals surface area contributed by atoms with E-state index in [2.05, 4.69) is 5.32 Å². The third kappa shape index (κ3) is 5.05. The number of ether oxygens (including phenoxy) is 2. The van der Waals surface area contributed by atoms with E-state index in [9.17, 15) is 18.0 Å². The van der Waals surface area contributed by atoms with Crippen molar-refractivity contribution in [1.82, 2.24) is 14.5 Å². The van der Waals surface area contributed by atoms with Gasteiger partial charge in [-0.25, -0.2) is 8.42 Å². The average molecular weight is 492 g/mol. The van der Waals surface area contributed by atoms with Crippen molar-refractivity contribution in [3.63, 3.8) is 0 Å². The van der Waals surface area contributed by atoms with E-state index in [1.165, 1.54) is 28.8 Å². The number of furan rings is 1. The van der Waals surface area contributed by atoms with Crippen LogP contribution in [0.2, 0.25) is 0 Å². The lowest BCUT2D eigenvalue weighted by Crippen LogP contribution is -2.57. The molecule has 4 rings (SSSR count). The smallest absolute Gasteiger partial charge is 0.287 e. The average Bonchev–Trinajstić information content (AvgIpc) is 3.27. The van der Waals surface area contributed by atoms with Gasteiger partial charge in [-0.3, -0.25) is 9.59 Å². The van der Waals surface area contributed by atoms with Crippen LogP contribution in [0, 0.1) is 5.92 Å². The number of benzene rings is 1. The van der Waals surface area contributed by atoms with Crippen LogP contribution in [0.1, 0.15) is 30.8 Å². The van der Waals surface area contributed by atoms with E-state index >= 15 is 0 Å². The van der Waals surface area contributed by atoms with Crippen molar-refractivity contribution in [2.24, 2.45) is 5.92 Å². The van der Waals surface area contributed by atoms with Gasteiger partial charge in [-0.15, -0.1) is 0 Å². The third-order valence-corrected chi connectivity index (χ3v) is 7.77. The molecule has 1 aromatic carbocycles. The summed E-state index contributed by atoms with van der Waals surface area (Å²) in [6.45, 7) is 5.43. The highest BCUT2D eigenvalue weighted by molar-refractivity contribution is 7.89. The molecule has 2 aliphatic rings. The second kappa shape index (κ2) is 10.1. The van der Waals surface area contributed by atoms with Gasteiger partial charge >= 0.3 is 0 Å². The lowest BCUT2D eigenvalue weighted by Gasteiger charge is -2.36. The maximum absolute atomic E-state index is 13.2. The Bertz CT molecular complexity index is 1120. The number of piperazine rings is 1. The molecule has 2 aromatic rings. The zero-order valence-electron chi connectivity index (χ0n) is 19.2. The minimum absolute atomic E-state index is 0.127. The number of rotatable bonds is 6.